The Bertz CT molecular complexity index is 3200. The molecule has 0 atom stereocenters. The number of hydrogen-bond donors (Lipinski definition) is 6. The fourth-order valence-electron chi connectivity index (χ4n) is 9.98. The zero-order valence-corrected chi connectivity index (χ0v) is 38.8. The van der Waals surface area contributed by atoms with Gasteiger partial charge in [0.15, 0.2) is 11.5 Å². The maximum atomic E-state index is 6.48. The molecule has 2 aliphatic heterocycles. The number of nitrogens with zero attached hydrogens (tertiary/aromatic N) is 2. The summed E-state index contributed by atoms with van der Waals surface area (Å²) < 4.78 is 13.0. The third kappa shape index (κ3) is 8.34. The number of nitrogens with two attached hydrogens (primary N) is 2. The molecular weight excluding hydrogens is 898 g/mol. The summed E-state index contributed by atoms with van der Waals surface area (Å²) in [5, 5.41) is 11.6. The van der Waals surface area contributed by atoms with Gasteiger partial charge in [-0.05, 0) is 143 Å². The van der Waals surface area contributed by atoms with Crippen LogP contribution < -0.4 is 20.9 Å². The molecule has 10 nitrogen and oxygen atoms in total. The van der Waals surface area contributed by atoms with Gasteiger partial charge in [0.1, 0.15) is 6.61 Å². The molecule has 0 unspecified atom stereocenters. The van der Waals surface area contributed by atoms with Gasteiger partial charge < -0.3 is 45.8 Å². The van der Waals surface area contributed by atoms with E-state index in [0.717, 1.165) is 170 Å². The molecule has 6 aromatic carbocycles. The van der Waals surface area contributed by atoms with E-state index < -0.39 is 0 Å². The molecule has 4 aromatic heterocycles. The summed E-state index contributed by atoms with van der Waals surface area (Å²) in [6.07, 6.45) is 5.22. The van der Waals surface area contributed by atoms with Crippen molar-refractivity contribution in [2.24, 2.45) is 11.5 Å². The standard InChI is InChI=1S/C26H26Cl2N4O.C25H24Cl2N4O/c27-15-2-4-22-18(12-15)20-14-21-19-13-16(28)3-5-23(19)31-25(21)26(24(20)30-22)33-11-1-8-32-9-6-17(29)7-10-32;26-14-1-3-21-17(11-14)19-13-20-18-12-15(27)2-4-22(18)30-24(20)25(23(19)29-21)32-10-9-31-7-5-16(28)6-8-31/h2-5,12-14,17,30-31H,1,6-11,29H2;1-4,11-13,16,29-30H,5-10,28H2. The predicted molar refractivity (Wildman–Crippen MR) is 273 cm³/mol. The van der Waals surface area contributed by atoms with Crippen LogP contribution in [0.3, 0.4) is 0 Å². The molecule has 2 fully saturated rings. The van der Waals surface area contributed by atoms with Gasteiger partial charge in [-0.15, -0.1) is 0 Å². The number of hydrogen-bond acceptors (Lipinski definition) is 6. The van der Waals surface area contributed by atoms with Gasteiger partial charge in [-0.3, -0.25) is 4.90 Å². The maximum absolute atomic E-state index is 6.48. The average molecular weight is 949 g/mol. The Balaban J connectivity index is 0.000000144. The van der Waals surface area contributed by atoms with Gasteiger partial charge in [0.25, 0.3) is 0 Å². The number of halogens is 4. The van der Waals surface area contributed by atoms with E-state index in [1.54, 1.807) is 0 Å². The van der Waals surface area contributed by atoms with E-state index in [-0.39, 0.29) is 0 Å². The summed E-state index contributed by atoms with van der Waals surface area (Å²) in [5.41, 5.74) is 20.2. The Morgan fingerprint density at radius 3 is 1.11 bits per heavy atom. The Hall–Kier alpha value is -4.88. The highest BCUT2D eigenvalue weighted by atomic mass is 35.5. The molecule has 10 aromatic rings. The number of piperidine rings is 2. The Kier molecular flexibility index (Phi) is 11.7. The van der Waals surface area contributed by atoms with Crippen LogP contribution in [0.2, 0.25) is 20.1 Å². The highest BCUT2D eigenvalue weighted by Crippen LogP contribution is 2.44. The Morgan fingerprint density at radius 2 is 0.754 bits per heavy atom. The van der Waals surface area contributed by atoms with Crippen molar-refractivity contribution >= 4 is 134 Å². The van der Waals surface area contributed by atoms with Crippen LogP contribution in [0.15, 0.2) is 84.9 Å². The second-order valence-corrected chi connectivity index (χ2v) is 19.5. The molecule has 0 amide bonds. The van der Waals surface area contributed by atoms with Crippen LogP contribution in [0.5, 0.6) is 11.5 Å². The highest BCUT2D eigenvalue weighted by molar-refractivity contribution is 6.34. The van der Waals surface area contributed by atoms with Crippen molar-refractivity contribution in [3.05, 3.63) is 105 Å². The molecular formula is C51H50Cl4N8O2. The van der Waals surface area contributed by atoms with Crippen LogP contribution in [0, 0.1) is 0 Å². The third-order valence-electron chi connectivity index (χ3n) is 13.5. The molecule has 6 heterocycles. The lowest BCUT2D eigenvalue weighted by atomic mass is 10.1. The summed E-state index contributed by atoms with van der Waals surface area (Å²) in [6.45, 7) is 7.36. The SMILES string of the molecule is NC1CCN(CCCOc2c3[nH]c4ccc(Cl)cc4c3cc3c2[nH]c2ccc(Cl)cc23)CC1.NC1CCN(CCOc2c3[nH]c4ccc(Cl)cc4c3cc3c2[nH]c2ccc(Cl)cc23)CC1. The van der Waals surface area contributed by atoms with Crippen LogP contribution in [0.25, 0.3) is 87.2 Å². The molecule has 0 radical (unpaired) electrons. The minimum atomic E-state index is 0.330. The molecule has 8 N–H and O–H groups in total. The molecule has 0 saturated carbocycles. The molecule has 0 aliphatic carbocycles. The lowest BCUT2D eigenvalue weighted by Crippen LogP contribution is -2.41. The summed E-state index contributed by atoms with van der Waals surface area (Å²) in [6, 6.07) is 28.8. The lowest BCUT2D eigenvalue weighted by Gasteiger charge is -2.29. The molecule has 2 aliphatic rings. The Morgan fingerprint density at radius 1 is 0.431 bits per heavy atom. The van der Waals surface area contributed by atoms with Crippen molar-refractivity contribution in [2.45, 2.75) is 44.2 Å². The zero-order chi connectivity index (χ0) is 44.3. The fraction of sp³-hybridized carbons (Fsp3) is 0.294. The monoisotopic (exact) mass is 946 g/mol. The number of H-pyrrole nitrogens is 4. The number of aromatic nitrogens is 4. The average Bonchev–Trinajstić information content (AvgIpc) is 4.06. The number of likely N-dealkylation sites (tertiary alicyclic amines) is 2. The first kappa shape index (κ1) is 42.7. The van der Waals surface area contributed by atoms with Crippen molar-refractivity contribution in [3.63, 3.8) is 0 Å². The summed E-state index contributed by atoms with van der Waals surface area (Å²) in [5.74, 6) is 1.69. The van der Waals surface area contributed by atoms with E-state index >= 15 is 0 Å². The van der Waals surface area contributed by atoms with Crippen LogP contribution in [0.1, 0.15) is 32.1 Å². The number of aromatic amines is 4. The van der Waals surface area contributed by atoms with E-state index in [9.17, 15) is 0 Å². The first-order valence-corrected chi connectivity index (χ1v) is 24.1. The largest absolute Gasteiger partial charge is 0.489 e. The van der Waals surface area contributed by atoms with E-state index in [1.165, 1.54) is 0 Å². The van der Waals surface area contributed by atoms with Crippen LogP contribution in [-0.4, -0.2) is 94.3 Å². The minimum absolute atomic E-state index is 0.330. The van der Waals surface area contributed by atoms with Gasteiger partial charge >= 0.3 is 0 Å². The van der Waals surface area contributed by atoms with Crippen molar-refractivity contribution < 1.29 is 9.47 Å². The fourth-order valence-corrected chi connectivity index (χ4v) is 10.7. The van der Waals surface area contributed by atoms with Crippen LogP contribution >= 0.6 is 46.4 Å². The van der Waals surface area contributed by atoms with E-state index in [2.05, 4.69) is 41.9 Å². The quantitative estimate of drug-likeness (QED) is 0.0797. The Labute approximate surface area is 395 Å². The smallest absolute Gasteiger partial charge is 0.167 e. The molecule has 2 saturated heterocycles. The van der Waals surface area contributed by atoms with E-state index in [0.29, 0.717) is 45.4 Å². The number of fused-ring (bicyclic) bond motifs is 12. The summed E-state index contributed by atoms with van der Waals surface area (Å²) >= 11 is 25.3. The number of ether oxygens (including phenoxy) is 2. The maximum Gasteiger partial charge on any atom is 0.167 e. The molecule has 334 valence electrons. The van der Waals surface area contributed by atoms with Crippen LogP contribution in [0.4, 0.5) is 0 Å². The number of benzene rings is 6. The van der Waals surface area contributed by atoms with Gasteiger partial charge in [-0.2, -0.15) is 0 Å². The zero-order valence-electron chi connectivity index (χ0n) is 35.8. The van der Waals surface area contributed by atoms with Gasteiger partial charge in [0.05, 0.1) is 28.7 Å². The van der Waals surface area contributed by atoms with Gasteiger partial charge in [-0.25, -0.2) is 0 Å². The summed E-state index contributed by atoms with van der Waals surface area (Å²) in [4.78, 5) is 19.1. The number of rotatable bonds is 9. The normalized spacial score (nSPS) is 16.0. The van der Waals surface area contributed by atoms with Gasteiger partial charge in [-0.1, -0.05) is 46.4 Å². The highest BCUT2D eigenvalue weighted by Gasteiger charge is 2.22. The molecule has 65 heavy (non-hydrogen) atoms. The topological polar surface area (TPSA) is 140 Å². The first-order chi connectivity index (χ1) is 31.6. The second kappa shape index (κ2) is 17.7. The lowest BCUT2D eigenvalue weighted by molar-refractivity contribution is 0.175. The predicted octanol–water partition coefficient (Wildman–Crippen LogP) is 12.5. The van der Waals surface area contributed by atoms with E-state index in [4.69, 9.17) is 67.3 Å². The van der Waals surface area contributed by atoms with Crippen molar-refractivity contribution in [2.75, 3.05) is 52.5 Å². The molecule has 0 spiro atoms. The summed E-state index contributed by atoms with van der Waals surface area (Å²) in [7, 11) is 0. The number of nitrogens with one attached hydrogen (secondary N) is 4. The minimum Gasteiger partial charge on any atom is -0.489 e. The second-order valence-electron chi connectivity index (χ2n) is 17.8. The van der Waals surface area contributed by atoms with Gasteiger partial charge in [0.2, 0.25) is 0 Å². The van der Waals surface area contributed by atoms with Crippen molar-refractivity contribution in [3.8, 4) is 11.5 Å². The van der Waals surface area contributed by atoms with Crippen molar-refractivity contribution in [1.82, 2.24) is 29.7 Å². The van der Waals surface area contributed by atoms with Crippen LogP contribution in [-0.2, 0) is 0 Å². The first-order valence-electron chi connectivity index (χ1n) is 22.5. The molecule has 0 bridgehead atoms. The van der Waals surface area contributed by atoms with Crippen molar-refractivity contribution in [1.29, 1.82) is 0 Å². The molecule has 12 rings (SSSR count). The van der Waals surface area contributed by atoms with E-state index in [1.807, 2.05) is 72.8 Å². The molecule has 14 heteroatoms. The van der Waals surface area contributed by atoms with Gasteiger partial charge in [0, 0.05) is 110 Å². The third-order valence-corrected chi connectivity index (χ3v) is 14.4.